The van der Waals surface area contributed by atoms with Crippen LogP contribution in [0.1, 0.15) is 5.56 Å². The van der Waals surface area contributed by atoms with Crippen molar-refractivity contribution in [3.05, 3.63) is 86.9 Å². The van der Waals surface area contributed by atoms with Gasteiger partial charge in [-0.2, -0.15) is 0 Å². The first-order chi connectivity index (χ1) is 11.7. The minimum Gasteiger partial charge on any atom is -0.268 e. The predicted octanol–water partition coefficient (Wildman–Crippen LogP) is 3.87. The van der Waals surface area contributed by atoms with Crippen LogP contribution in [0, 0.1) is 6.92 Å². The van der Waals surface area contributed by atoms with Gasteiger partial charge < -0.3 is 0 Å². The summed E-state index contributed by atoms with van der Waals surface area (Å²) in [5.41, 5.74) is 1.33. The van der Waals surface area contributed by atoms with E-state index in [0.717, 1.165) is 27.1 Å². The van der Waals surface area contributed by atoms with E-state index in [1.807, 2.05) is 43.3 Å². The number of rotatable bonds is 0. The van der Waals surface area contributed by atoms with E-state index in [4.69, 9.17) is 0 Å². The lowest BCUT2D eigenvalue weighted by molar-refractivity contribution is 1.09. The number of aryl methyl sites for hydroxylation is 1. The fourth-order valence-corrected chi connectivity index (χ4v) is 3.78. The molecule has 0 aliphatic heterocycles. The molecule has 2 heterocycles. The Hall–Kier alpha value is -3.20. The number of benzene rings is 3. The summed E-state index contributed by atoms with van der Waals surface area (Å²) in [5, 5.41) is 4.84. The van der Waals surface area contributed by atoms with Crippen molar-refractivity contribution in [2.24, 2.45) is 0 Å². The number of fused-ring (bicyclic) bond motifs is 4. The van der Waals surface area contributed by atoms with Gasteiger partial charge in [0.15, 0.2) is 0 Å². The third kappa shape index (κ3) is 1.51. The molecule has 3 heteroatoms. The van der Waals surface area contributed by atoms with Crippen LogP contribution in [-0.2, 0) is 0 Å². The normalized spacial score (nSPS) is 11.9. The predicted molar refractivity (Wildman–Crippen MR) is 98.4 cm³/mol. The van der Waals surface area contributed by atoms with Gasteiger partial charge in [-0.1, -0.05) is 36.4 Å². The second-order valence-corrected chi connectivity index (χ2v) is 6.25. The molecule has 0 N–H and O–H groups in total. The lowest BCUT2D eigenvalue weighted by Crippen LogP contribution is -2.27. The molecule has 24 heavy (non-hydrogen) atoms. The highest BCUT2D eigenvalue weighted by Crippen LogP contribution is 2.31. The van der Waals surface area contributed by atoms with Crippen LogP contribution < -0.4 is 11.1 Å². The number of aromatic nitrogens is 1. The molecule has 0 bridgehead atoms. The topological polar surface area (TPSA) is 38.5 Å². The minimum absolute atomic E-state index is 0.247. The smallest absolute Gasteiger partial charge is 0.266 e. The molecule has 0 aliphatic rings. The van der Waals surface area contributed by atoms with Crippen LogP contribution in [0.25, 0.3) is 37.8 Å². The van der Waals surface area contributed by atoms with Crippen LogP contribution in [0.4, 0.5) is 0 Å². The molecule has 5 aromatic rings. The van der Waals surface area contributed by atoms with Gasteiger partial charge in [-0.15, -0.1) is 0 Å². The highest BCUT2D eigenvalue weighted by atomic mass is 16.2. The summed E-state index contributed by atoms with van der Waals surface area (Å²) in [7, 11) is 0. The van der Waals surface area contributed by atoms with Gasteiger partial charge in [0.05, 0.1) is 5.52 Å². The van der Waals surface area contributed by atoms with Gasteiger partial charge in [0.25, 0.3) is 11.1 Å². The summed E-state index contributed by atoms with van der Waals surface area (Å²) < 4.78 is 1.34. The van der Waals surface area contributed by atoms with Crippen LogP contribution in [-0.4, -0.2) is 4.40 Å². The summed E-state index contributed by atoms with van der Waals surface area (Å²) in [5.74, 6) is 0. The largest absolute Gasteiger partial charge is 0.268 e. The number of hydrogen-bond acceptors (Lipinski definition) is 2. The molecule has 0 fully saturated rings. The first-order valence-corrected chi connectivity index (χ1v) is 7.89. The monoisotopic (exact) mass is 311 g/mol. The van der Waals surface area contributed by atoms with Crippen LogP contribution in [0.15, 0.2) is 70.3 Å². The number of nitrogens with zero attached hydrogens (tertiary/aromatic N) is 1. The Morgan fingerprint density at radius 1 is 0.625 bits per heavy atom. The molecule has 114 valence electrons. The standard InChI is InChI=1S/C21H13NO2/c1-12-10-17-13-6-2-4-8-15(13)20(23)22-19(17)18(11-12)14-7-3-5-9-16(14)21(22)24/h2-11H,1H3. The summed E-state index contributed by atoms with van der Waals surface area (Å²) in [6.45, 7) is 2.04. The maximum absolute atomic E-state index is 13.0. The molecule has 0 saturated heterocycles. The quantitative estimate of drug-likeness (QED) is 0.322. The average Bonchev–Trinajstić information content (AvgIpc) is 2.61. The van der Waals surface area contributed by atoms with Crippen molar-refractivity contribution in [1.82, 2.24) is 4.40 Å². The summed E-state index contributed by atoms with van der Waals surface area (Å²) in [4.78, 5) is 26.0. The first kappa shape index (κ1) is 13.3. The molecular weight excluding hydrogens is 298 g/mol. The van der Waals surface area contributed by atoms with E-state index >= 15 is 0 Å². The minimum atomic E-state index is -0.247. The Bertz CT molecular complexity index is 1290. The van der Waals surface area contributed by atoms with Crippen molar-refractivity contribution in [1.29, 1.82) is 0 Å². The van der Waals surface area contributed by atoms with Gasteiger partial charge in [-0.3, -0.25) is 9.59 Å². The molecule has 0 unspecified atom stereocenters. The van der Waals surface area contributed by atoms with Crippen molar-refractivity contribution in [2.45, 2.75) is 6.92 Å². The molecule has 0 aliphatic carbocycles. The van der Waals surface area contributed by atoms with E-state index in [2.05, 4.69) is 12.1 Å². The number of hydrogen-bond donors (Lipinski definition) is 0. The van der Waals surface area contributed by atoms with Crippen molar-refractivity contribution in [3.63, 3.8) is 0 Å². The molecule has 0 spiro atoms. The summed E-state index contributed by atoms with van der Waals surface area (Å²) in [6, 6.07) is 19.1. The van der Waals surface area contributed by atoms with E-state index in [9.17, 15) is 9.59 Å². The highest BCUT2D eigenvalue weighted by Gasteiger charge is 2.16. The van der Waals surface area contributed by atoms with Gasteiger partial charge in [-0.25, -0.2) is 4.40 Å². The van der Waals surface area contributed by atoms with Gasteiger partial charge >= 0.3 is 0 Å². The molecule has 0 saturated carbocycles. The van der Waals surface area contributed by atoms with E-state index in [-0.39, 0.29) is 11.1 Å². The van der Waals surface area contributed by atoms with E-state index in [1.54, 1.807) is 12.1 Å². The van der Waals surface area contributed by atoms with E-state index in [0.29, 0.717) is 16.3 Å². The van der Waals surface area contributed by atoms with Gasteiger partial charge in [0.2, 0.25) is 0 Å². The lowest BCUT2D eigenvalue weighted by atomic mass is 9.98. The zero-order chi connectivity index (χ0) is 16.4. The molecule has 5 rings (SSSR count). The molecular formula is C21H13NO2. The Labute approximate surface area is 136 Å². The van der Waals surface area contributed by atoms with E-state index in [1.165, 1.54) is 4.40 Å². The fraction of sp³-hybridized carbons (Fsp3) is 0.0476. The van der Waals surface area contributed by atoms with E-state index < -0.39 is 0 Å². The van der Waals surface area contributed by atoms with Crippen LogP contribution in [0.5, 0.6) is 0 Å². The lowest BCUT2D eigenvalue weighted by Gasteiger charge is -2.13. The summed E-state index contributed by atoms with van der Waals surface area (Å²) in [6.07, 6.45) is 0. The Morgan fingerprint density at radius 2 is 1.04 bits per heavy atom. The zero-order valence-electron chi connectivity index (χ0n) is 13.0. The Morgan fingerprint density at radius 3 is 1.50 bits per heavy atom. The molecule has 0 atom stereocenters. The maximum Gasteiger partial charge on any atom is 0.266 e. The Balaban J connectivity index is 2.33. The van der Waals surface area contributed by atoms with Gasteiger partial charge in [-0.05, 0) is 47.5 Å². The van der Waals surface area contributed by atoms with Crippen LogP contribution in [0.2, 0.25) is 0 Å². The van der Waals surface area contributed by atoms with Crippen molar-refractivity contribution < 1.29 is 0 Å². The second-order valence-electron chi connectivity index (χ2n) is 6.25. The molecule has 0 amide bonds. The molecule has 0 radical (unpaired) electrons. The van der Waals surface area contributed by atoms with Crippen LogP contribution >= 0.6 is 0 Å². The Kier molecular flexibility index (Phi) is 2.44. The van der Waals surface area contributed by atoms with Gasteiger partial charge in [0, 0.05) is 21.5 Å². The van der Waals surface area contributed by atoms with Gasteiger partial charge in [0.1, 0.15) is 0 Å². The maximum atomic E-state index is 13.0. The second kappa shape index (κ2) is 4.42. The fourth-order valence-electron chi connectivity index (χ4n) is 3.78. The van der Waals surface area contributed by atoms with Crippen molar-refractivity contribution in [3.8, 4) is 0 Å². The zero-order valence-corrected chi connectivity index (χ0v) is 13.0. The average molecular weight is 311 g/mol. The molecule has 3 nitrogen and oxygen atoms in total. The van der Waals surface area contributed by atoms with Crippen molar-refractivity contribution >= 4 is 37.8 Å². The summed E-state index contributed by atoms with van der Waals surface area (Å²) >= 11 is 0. The molecule has 3 aromatic carbocycles. The van der Waals surface area contributed by atoms with Crippen LogP contribution in [0.3, 0.4) is 0 Å². The SMILES string of the molecule is Cc1cc2c3ccccc3c(=O)n3c(=O)c4ccccc4c(c1)c23. The first-order valence-electron chi connectivity index (χ1n) is 7.89. The third-order valence-electron chi connectivity index (χ3n) is 4.78. The highest BCUT2D eigenvalue weighted by molar-refractivity contribution is 6.18. The third-order valence-corrected chi connectivity index (χ3v) is 4.78. The molecule has 2 aromatic heterocycles. The number of pyridine rings is 2. The van der Waals surface area contributed by atoms with Crippen molar-refractivity contribution in [2.75, 3.05) is 0 Å².